The zero-order valence-electron chi connectivity index (χ0n) is 15.3. The second-order valence-electron chi connectivity index (χ2n) is 6.89. The molecule has 2 aromatic rings. The van der Waals surface area contributed by atoms with Crippen LogP contribution in [0.25, 0.3) is 17.2 Å². The normalized spacial score (nSPS) is 16.4. The van der Waals surface area contributed by atoms with Gasteiger partial charge in [0.1, 0.15) is 5.76 Å². The predicted octanol–water partition coefficient (Wildman–Crippen LogP) is 6.66. The van der Waals surface area contributed by atoms with E-state index < -0.39 is 0 Å². The quantitative estimate of drug-likeness (QED) is 0.653. The summed E-state index contributed by atoms with van der Waals surface area (Å²) in [6.07, 6.45) is 5.17. The summed E-state index contributed by atoms with van der Waals surface area (Å²) in [5.41, 5.74) is 7.87. The van der Waals surface area contributed by atoms with Gasteiger partial charge in [0.05, 0.1) is 0 Å². The SMILES string of the molecule is CCc1ccccc1-c1c(C)ccc2c1C(C(CC)CC)C(O)=C2. The minimum atomic E-state index is 0.134. The maximum absolute atomic E-state index is 10.7. The zero-order valence-corrected chi connectivity index (χ0v) is 15.3. The smallest absolute Gasteiger partial charge is 0.101 e. The lowest BCUT2D eigenvalue weighted by atomic mass is 9.78. The van der Waals surface area contributed by atoms with Gasteiger partial charge < -0.3 is 5.11 Å². The molecule has 0 radical (unpaired) electrons. The van der Waals surface area contributed by atoms with Gasteiger partial charge in [-0.3, -0.25) is 0 Å². The van der Waals surface area contributed by atoms with Crippen LogP contribution >= 0.6 is 0 Å². The second kappa shape index (κ2) is 6.84. The minimum absolute atomic E-state index is 0.134. The van der Waals surface area contributed by atoms with Crippen LogP contribution in [0.5, 0.6) is 0 Å². The number of aliphatic hydroxyl groups is 1. The highest BCUT2D eigenvalue weighted by molar-refractivity contribution is 5.82. The van der Waals surface area contributed by atoms with E-state index in [1.807, 2.05) is 6.08 Å². The molecule has 1 aliphatic carbocycles. The number of aliphatic hydroxyl groups excluding tert-OH is 1. The molecular weight excluding hydrogens is 292 g/mol. The standard InChI is InChI=1S/C23H28O/c1-5-16(6-2)22-20(24)14-18-13-12-15(4)21(23(18)22)19-11-9-8-10-17(19)7-3/h8-14,16,22,24H,5-7H2,1-4H3. The molecule has 0 heterocycles. The average molecular weight is 320 g/mol. The van der Waals surface area contributed by atoms with Crippen molar-refractivity contribution < 1.29 is 5.11 Å². The van der Waals surface area contributed by atoms with Crippen LogP contribution in [-0.4, -0.2) is 5.11 Å². The fraction of sp³-hybridized carbons (Fsp3) is 0.391. The first-order chi connectivity index (χ1) is 11.6. The molecule has 1 atom stereocenters. The number of hydrogen-bond acceptors (Lipinski definition) is 1. The molecule has 0 saturated heterocycles. The minimum Gasteiger partial charge on any atom is -0.512 e. The third-order valence-corrected chi connectivity index (χ3v) is 5.61. The summed E-state index contributed by atoms with van der Waals surface area (Å²) in [6.45, 7) is 8.87. The lowest BCUT2D eigenvalue weighted by Gasteiger charge is -2.26. The van der Waals surface area contributed by atoms with Crippen LogP contribution in [0.15, 0.2) is 42.2 Å². The number of hydrogen-bond donors (Lipinski definition) is 1. The molecule has 0 spiro atoms. The van der Waals surface area contributed by atoms with E-state index in [4.69, 9.17) is 0 Å². The Balaban J connectivity index is 2.26. The number of allylic oxidation sites excluding steroid dienone is 1. The Bertz CT molecular complexity index is 766. The van der Waals surface area contributed by atoms with E-state index in [-0.39, 0.29) is 5.92 Å². The van der Waals surface area contributed by atoms with Gasteiger partial charge in [-0.25, -0.2) is 0 Å². The summed E-state index contributed by atoms with van der Waals surface area (Å²) in [6, 6.07) is 13.1. The summed E-state index contributed by atoms with van der Waals surface area (Å²) in [7, 11) is 0. The zero-order chi connectivity index (χ0) is 17.3. The van der Waals surface area contributed by atoms with Crippen LogP contribution in [0.3, 0.4) is 0 Å². The molecule has 0 aromatic heterocycles. The Morgan fingerprint density at radius 3 is 2.38 bits per heavy atom. The van der Waals surface area contributed by atoms with Crippen molar-refractivity contribution in [2.75, 3.05) is 0 Å². The Morgan fingerprint density at radius 1 is 1.00 bits per heavy atom. The van der Waals surface area contributed by atoms with Crippen molar-refractivity contribution in [3.05, 3.63) is 64.4 Å². The lowest BCUT2D eigenvalue weighted by molar-refractivity contribution is 0.313. The first-order valence-corrected chi connectivity index (χ1v) is 9.24. The molecule has 0 amide bonds. The number of benzene rings is 2. The molecule has 1 nitrogen and oxygen atoms in total. The van der Waals surface area contributed by atoms with Gasteiger partial charge in [0.25, 0.3) is 0 Å². The predicted molar refractivity (Wildman–Crippen MR) is 103 cm³/mol. The van der Waals surface area contributed by atoms with Gasteiger partial charge in [0.15, 0.2) is 0 Å². The van der Waals surface area contributed by atoms with Gasteiger partial charge >= 0.3 is 0 Å². The Hall–Kier alpha value is -2.02. The molecule has 0 bridgehead atoms. The third-order valence-electron chi connectivity index (χ3n) is 5.61. The second-order valence-corrected chi connectivity index (χ2v) is 6.89. The van der Waals surface area contributed by atoms with Gasteiger partial charge in [0, 0.05) is 5.92 Å². The van der Waals surface area contributed by atoms with E-state index in [2.05, 4.69) is 64.1 Å². The number of fused-ring (bicyclic) bond motifs is 1. The van der Waals surface area contributed by atoms with Crippen molar-refractivity contribution in [2.45, 2.75) is 52.9 Å². The molecule has 0 fully saturated rings. The maximum atomic E-state index is 10.7. The summed E-state index contributed by atoms with van der Waals surface area (Å²) in [5, 5.41) is 10.7. The van der Waals surface area contributed by atoms with E-state index in [1.54, 1.807) is 0 Å². The highest BCUT2D eigenvalue weighted by Crippen LogP contribution is 2.48. The topological polar surface area (TPSA) is 20.2 Å². The highest BCUT2D eigenvalue weighted by atomic mass is 16.3. The fourth-order valence-corrected chi connectivity index (χ4v) is 4.27. The van der Waals surface area contributed by atoms with Gasteiger partial charge in [-0.1, -0.05) is 70.0 Å². The molecule has 1 unspecified atom stereocenters. The van der Waals surface area contributed by atoms with Crippen LogP contribution < -0.4 is 0 Å². The first kappa shape index (κ1) is 16.8. The van der Waals surface area contributed by atoms with Gasteiger partial charge in [-0.05, 0) is 58.7 Å². The largest absolute Gasteiger partial charge is 0.512 e. The highest BCUT2D eigenvalue weighted by Gasteiger charge is 2.33. The van der Waals surface area contributed by atoms with Crippen molar-refractivity contribution in [1.82, 2.24) is 0 Å². The molecule has 2 aromatic carbocycles. The molecule has 1 N–H and O–H groups in total. The van der Waals surface area contributed by atoms with E-state index in [1.165, 1.54) is 33.4 Å². The molecule has 126 valence electrons. The number of aryl methyl sites for hydroxylation is 2. The molecule has 0 saturated carbocycles. The fourth-order valence-electron chi connectivity index (χ4n) is 4.27. The van der Waals surface area contributed by atoms with Crippen molar-refractivity contribution >= 4 is 6.08 Å². The van der Waals surface area contributed by atoms with Crippen LogP contribution in [0.2, 0.25) is 0 Å². The summed E-state index contributed by atoms with van der Waals surface area (Å²) in [4.78, 5) is 0. The molecular formula is C23H28O. The van der Waals surface area contributed by atoms with Crippen molar-refractivity contribution in [3.8, 4) is 11.1 Å². The Labute approximate surface area is 146 Å². The summed E-state index contributed by atoms with van der Waals surface area (Å²) < 4.78 is 0. The molecule has 3 rings (SSSR count). The van der Waals surface area contributed by atoms with Crippen molar-refractivity contribution in [1.29, 1.82) is 0 Å². The van der Waals surface area contributed by atoms with Gasteiger partial charge in [-0.2, -0.15) is 0 Å². The van der Waals surface area contributed by atoms with Crippen molar-refractivity contribution in [2.24, 2.45) is 5.92 Å². The van der Waals surface area contributed by atoms with Gasteiger partial charge in [0.2, 0.25) is 0 Å². The van der Waals surface area contributed by atoms with E-state index >= 15 is 0 Å². The Kier molecular flexibility index (Phi) is 4.80. The monoisotopic (exact) mass is 320 g/mol. The molecule has 24 heavy (non-hydrogen) atoms. The van der Waals surface area contributed by atoms with E-state index in [9.17, 15) is 5.11 Å². The summed E-state index contributed by atoms with van der Waals surface area (Å²) in [5.74, 6) is 1.16. The first-order valence-electron chi connectivity index (χ1n) is 9.24. The maximum Gasteiger partial charge on any atom is 0.101 e. The van der Waals surface area contributed by atoms with Crippen LogP contribution in [-0.2, 0) is 6.42 Å². The lowest BCUT2D eigenvalue weighted by Crippen LogP contribution is -2.13. The van der Waals surface area contributed by atoms with Gasteiger partial charge in [-0.15, -0.1) is 0 Å². The van der Waals surface area contributed by atoms with Crippen LogP contribution in [0, 0.1) is 12.8 Å². The summed E-state index contributed by atoms with van der Waals surface area (Å²) >= 11 is 0. The van der Waals surface area contributed by atoms with Crippen molar-refractivity contribution in [3.63, 3.8) is 0 Å². The van der Waals surface area contributed by atoms with Crippen LogP contribution in [0.4, 0.5) is 0 Å². The Morgan fingerprint density at radius 2 is 1.71 bits per heavy atom. The average Bonchev–Trinajstić information content (AvgIpc) is 2.93. The third kappa shape index (κ3) is 2.66. The van der Waals surface area contributed by atoms with E-state index in [0.717, 1.165) is 19.3 Å². The molecule has 0 aliphatic heterocycles. The number of rotatable bonds is 5. The van der Waals surface area contributed by atoms with Crippen LogP contribution in [0.1, 0.15) is 61.8 Å². The molecule has 1 aliphatic rings. The van der Waals surface area contributed by atoms with E-state index in [0.29, 0.717) is 11.7 Å². The molecule has 1 heteroatoms.